The lowest BCUT2D eigenvalue weighted by Gasteiger charge is -2.09. The predicted octanol–water partition coefficient (Wildman–Crippen LogP) is 4.58. The lowest BCUT2D eigenvalue weighted by molar-refractivity contribution is -0.120. The van der Waals surface area contributed by atoms with Gasteiger partial charge in [0.15, 0.2) is 0 Å². The molecule has 3 aromatic rings. The van der Waals surface area contributed by atoms with Gasteiger partial charge >= 0.3 is 0 Å². The number of hydrazone groups is 1. The van der Waals surface area contributed by atoms with Crippen LogP contribution in [0.25, 0.3) is 0 Å². The molecule has 0 fully saturated rings. The molecule has 0 bridgehead atoms. The van der Waals surface area contributed by atoms with E-state index in [1.165, 1.54) is 5.56 Å². The largest absolute Gasteiger partial charge is 0.488 e. The highest BCUT2D eigenvalue weighted by Crippen LogP contribution is 2.17. The van der Waals surface area contributed by atoms with E-state index in [0.717, 1.165) is 28.0 Å². The minimum Gasteiger partial charge on any atom is -0.488 e. The highest BCUT2D eigenvalue weighted by Gasteiger charge is 2.06. The number of nitrogens with one attached hydrogen (secondary N) is 1. The quantitative estimate of drug-likeness (QED) is 0.488. The molecule has 0 heterocycles. The van der Waals surface area contributed by atoms with Gasteiger partial charge in [-0.05, 0) is 42.7 Å². The van der Waals surface area contributed by atoms with Crippen LogP contribution in [0, 0.1) is 13.8 Å². The van der Waals surface area contributed by atoms with Crippen molar-refractivity contribution in [3.63, 3.8) is 0 Å². The first-order valence-electron chi connectivity index (χ1n) is 9.25. The zero-order valence-electron chi connectivity index (χ0n) is 16.2. The first kappa shape index (κ1) is 19.4. The normalized spacial score (nSPS) is 10.8. The highest BCUT2D eigenvalue weighted by atomic mass is 16.5. The summed E-state index contributed by atoms with van der Waals surface area (Å²) < 4.78 is 5.90. The van der Waals surface area contributed by atoms with Crippen LogP contribution in [0.2, 0.25) is 0 Å². The van der Waals surface area contributed by atoms with Crippen molar-refractivity contribution < 1.29 is 9.53 Å². The third-order valence-electron chi connectivity index (χ3n) is 4.40. The van der Waals surface area contributed by atoms with Crippen LogP contribution in [-0.2, 0) is 17.8 Å². The summed E-state index contributed by atoms with van der Waals surface area (Å²) in [6, 6.07) is 23.7. The Balaban J connectivity index is 1.58. The molecule has 4 nitrogen and oxygen atoms in total. The Hall–Kier alpha value is -3.40. The molecule has 28 heavy (non-hydrogen) atoms. The summed E-state index contributed by atoms with van der Waals surface area (Å²) in [6.07, 6.45) is 1.91. The number of nitrogens with zero attached hydrogens (tertiary/aromatic N) is 1. The van der Waals surface area contributed by atoms with Gasteiger partial charge in [-0.2, -0.15) is 5.10 Å². The third-order valence-corrected chi connectivity index (χ3v) is 4.40. The number of hydrogen-bond acceptors (Lipinski definition) is 3. The van der Waals surface area contributed by atoms with E-state index in [9.17, 15) is 4.79 Å². The Morgan fingerprint density at radius 1 is 1.00 bits per heavy atom. The van der Waals surface area contributed by atoms with Crippen molar-refractivity contribution >= 4 is 12.1 Å². The predicted molar refractivity (Wildman–Crippen MR) is 113 cm³/mol. The second kappa shape index (κ2) is 9.51. The van der Waals surface area contributed by atoms with Gasteiger partial charge in [0.25, 0.3) is 0 Å². The SMILES string of the molecule is Cc1ccc(CC(=O)N/N=C/c2ccccc2OCc2ccccc2)c(C)c1. The molecule has 0 saturated carbocycles. The minimum atomic E-state index is -0.147. The van der Waals surface area contributed by atoms with Crippen LogP contribution in [0.15, 0.2) is 77.9 Å². The maximum absolute atomic E-state index is 12.2. The van der Waals surface area contributed by atoms with Crippen LogP contribution >= 0.6 is 0 Å². The molecule has 3 rings (SSSR count). The van der Waals surface area contributed by atoms with Gasteiger partial charge in [-0.25, -0.2) is 5.43 Å². The summed E-state index contributed by atoms with van der Waals surface area (Å²) in [7, 11) is 0. The smallest absolute Gasteiger partial charge is 0.244 e. The summed E-state index contributed by atoms with van der Waals surface area (Å²) in [6.45, 7) is 4.53. The van der Waals surface area contributed by atoms with Gasteiger partial charge in [0, 0.05) is 5.56 Å². The number of para-hydroxylation sites is 1. The molecule has 3 aromatic carbocycles. The number of rotatable bonds is 7. The monoisotopic (exact) mass is 372 g/mol. The van der Waals surface area contributed by atoms with Crippen molar-refractivity contribution in [1.29, 1.82) is 0 Å². The molecular weight excluding hydrogens is 348 g/mol. The Labute approximate surface area is 165 Å². The molecule has 142 valence electrons. The van der Waals surface area contributed by atoms with E-state index >= 15 is 0 Å². The van der Waals surface area contributed by atoms with Gasteiger partial charge in [0.1, 0.15) is 12.4 Å². The van der Waals surface area contributed by atoms with Crippen molar-refractivity contribution in [1.82, 2.24) is 5.43 Å². The summed E-state index contributed by atoms with van der Waals surface area (Å²) in [5.41, 5.74) is 7.80. The van der Waals surface area contributed by atoms with E-state index in [1.807, 2.05) is 80.6 Å². The standard InChI is InChI=1S/C24H24N2O2/c1-18-12-13-21(19(2)14-18)15-24(27)26-25-16-22-10-6-7-11-23(22)28-17-20-8-4-3-5-9-20/h3-14,16H,15,17H2,1-2H3,(H,26,27)/b25-16+. The number of carbonyl (C=O) groups is 1. The number of ether oxygens (including phenoxy) is 1. The van der Waals surface area contributed by atoms with Crippen LogP contribution < -0.4 is 10.2 Å². The molecular formula is C24H24N2O2. The van der Waals surface area contributed by atoms with E-state index in [-0.39, 0.29) is 5.91 Å². The molecule has 1 N–H and O–H groups in total. The second-order valence-corrected chi connectivity index (χ2v) is 6.71. The Morgan fingerprint density at radius 2 is 1.75 bits per heavy atom. The van der Waals surface area contributed by atoms with Gasteiger partial charge in [-0.3, -0.25) is 4.79 Å². The van der Waals surface area contributed by atoms with E-state index in [1.54, 1.807) is 6.21 Å². The van der Waals surface area contributed by atoms with Crippen LogP contribution in [0.3, 0.4) is 0 Å². The molecule has 0 aliphatic heterocycles. The van der Waals surface area contributed by atoms with Gasteiger partial charge in [-0.15, -0.1) is 0 Å². The third kappa shape index (κ3) is 5.55. The maximum Gasteiger partial charge on any atom is 0.244 e. The molecule has 4 heteroatoms. The fourth-order valence-electron chi connectivity index (χ4n) is 2.88. The van der Waals surface area contributed by atoms with E-state index in [0.29, 0.717) is 13.0 Å². The molecule has 0 aliphatic rings. The maximum atomic E-state index is 12.2. The zero-order chi connectivity index (χ0) is 19.8. The van der Waals surface area contributed by atoms with Crippen LogP contribution in [0.1, 0.15) is 27.8 Å². The Bertz CT molecular complexity index is 965. The first-order valence-corrected chi connectivity index (χ1v) is 9.25. The molecule has 0 unspecified atom stereocenters. The molecule has 0 aliphatic carbocycles. The fourth-order valence-corrected chi connectivity index (χ4v) is 2.88. The lowest BCUT2D eigenvalue weighted by atomic mass is 10.0. The molecule has 0 radical (unpaired) electrons. The van der Waals surface area contributed by atoms with Crippen LogP contribution in [0.4, 0.5) is 0 Å². The molecule has 0 saturated heterocycles. The summed E-state index contributed by atoms with van der Waals surface area (Å²) in [5.74, 6) is 0.574. The van der Waals surface area contributed by atoms with Crippen molar-refractivity contribution in [3.05, 3.63) is 101 Å². The van der Waals surface area contributed by atoms with Crippen molar-refractivity contribution in [2.75, 3.05) is 0 Å². The minimum absolute atomic E-state index is 0.147. The lowest BCUT2D eigenvalue weighted by Crippen LogP contribution is -2.20. The molecule has 0 spiro atoms. The zero-order valence-corrected chi connectivity index (χ0v) is 16.2. The van der Waals surface area contributed by atoms with Crippen molar-refractivity contribution in [2.24, 2.45) is 5.10 Å². The van der Waals surface area contributed by atoms with Crippen LogP contribution in [0.5, 0.6) is 5.75 Å². The molecule has 1 amide bonds. The Kier molecular flexibility index (Phi) is 6.58. The van der Waals surface area contributed by atoms with Gasteiger partial charge < -0.3 is 4.74 Å². The van der Waals surface area contributed by atoms with E-state index < -0.39 is 0 Å². The fraction of sp³-hybridized carbons (Fsp3) is 0.167. The second-order valence-electron chi connectivity index (χ2n) is 6.71. The Morgan fingerprint density at radius 3 is 2.54 bits per heavy atom. The summed E-state index contributed by atoms with van der Waals surface area (Å²) in [5, 5.41) is 4.10. The number of carbonyl (C=O) groups excluding carboxylic acids is 1. The number of amides is 1. The number of benzene rings is 3. The van der Waals surface area contributed by atoms with Gasteiger partial charge in [0.05, 0.1) is 12.6 Å². The number of hydrogen-bond donors (Lipinski definition) is 1. The summed E-state index contributed by atoms with van der Waals surface area (Å²) >= 11 is 0. The average molecular weight is 372 g/mol. The molecule has 0 aromatic heterocycles. The van der Waals surface area contributed by atoms with E-state index in [2.05, 4.69) is 16.6 Å². The molecule has 0 atom stereocenters. The van der Waals surface area contributed by atoms with Gasteiger partial charge in [0.2, 0.25) is 5.91 Å². The summed E-state index contributed by atoms with van der Waals surface area (Å²) in [4.78, 5) is 12.2. The first-order chi connectivity index (χ1) is 13.6. The van der Waals surface area contributed by atoms with Crippen molar-refractivity contribution in [2.45, 2.75) is 26.9 Å². The highest BCUT2D eigenvalue weighted by molar-refractivity contribution is 5.85. The van der Waals surface area contributed by atoms with Crippen LogP contribution in [-0.4, -0.2) is 12.1 Å². The number of aryl methyl sites for hydroxylation is 2. The van der Waals surface area contributed by atoms with Gasteiger partial charge in [-0.1, -0.05) is 66.2 Å². The average Bonchev–Trinajstić information content (AvgIpc) is 2.70. The van der Waals surface area contributed by atoms with E-state index in [4.69, 9.17) is 4.74 Å². The topological polar surface area (TPSA) is 50.7 Å². The van der Waals surface area contributed by atoms with Crippen molar-refractivity contribution in [3.8, 4) is 5.75 Å².